The first-order valence-electron chi connectivity index (χ1n) is 8.59. The molecule has 2 saturated heterocycles. The van der Waals surface area contributed by atoms with E-state index >= 15 is 0 Å². The predicted molar refractivity (Wildman–Crippen MR) is 96.7 cm³/mol. The van der Waals surface area contributed by atoms with Gasteiger partial charge in [-0.2, -0.15) is 11.8 Å². The van der Waals surface area contributed by atoms with Crippen LogP contribution < -0.4 is 5.32 Å². The van der Waals surface area contributed by atoms with E-state index in [4.69, 9.17) is 0 Å². The number of rotatable bonds is 5. The minimum atomic E-state index is -0.106. The quantitative estimate of drug-likeness (QED) is 0.892. The molecule has 0 aromatic heterocycles. The highest BCUT2D eigenvalue weighted by Gasteiger charge is 2.35. The maximum atomic E-state index is 13.3. The lowest BCUT2D eigenvalue weighted by atomic mass is 10.0. The van der Waals surface area contributed by atoms with Gasteiger partial charge in [0.15, 0.2) is 0 Å². The molecule has 2 unspecified atom stereocenters. The number of nitrogens with one attached hydrogen (secondary N) is 1. The molecular formula is C18H27N3OS. The van der Waals surface area contributed by atoms with Gasteiger partial charge in [-0.15, -0.1) is 0 Å². The zero-order valence-corrected chi connectivity index (χ0v) is 14.7. The van der Waals surface area contributed by atoms with Crippen LogP contribution in [0, 0.1) is 5.92 Å². The van der Waals surface area contributed by atoms with E-state index in [1.807, 2.05) is 37.0 Å². The Bertz CT molecular complexity index is 504. The molecule has 0 bridgehead atoms. The molecule has 0 saturated carbocycles. The van der Waals surface area contributed by atoms with Crippen molar-refractivity contribution in [2.45, 2.75) is 12.5 Å². The van der Waals surface area contributed by atoms with Crippen LogP contribution in [0.2, 0.25) is 0 Å². The maximum absolute atomic E-state index is 13.3. The summed E-state index contributed by atoms with van der Waals surface area (Å²) >= 11 is 1.99. The van der Waals surface area contributed by atoms with Crippen LogP contribution in [0.15, 0.2) is 30.3 Å². The van der Waals surface area contributed by atoms with E-state index in [9.17, 15) is 4.79 Å². The Hall–Kier alpha value is -1.04. The van der Waals surface area contributed by atoms with Gasteiger partial charge in [0.25, 0.3) is 0 Å². The van der Waals surface area contributed by atoms with Crippen molar-refractivity contribution in [1.29, 1.82) is 0 Å². The summed E-state index contributed by atoms with van der Waals surface area (Å²) in [5.41, 5.74) is 1.14. The molecular weight excluding hydrogens is 306 g/mol. The van der Waals surface area contributed by atoms with E-state index in [1.165, 1.54) is 0 Å². The highest BCUT2D eigenvalue weighted by atomic mass is 32.2. The molecule has 1 N–H and O–H groups in total. The number of hydrogen-bond donors (Lipinski definition) is 1. The van der Waals surface area contributed by atoms with Crippen molar-refractivity contribution in [1.82, 2.24) is 15.1 Å². The fourth-order valence-corrected chi connectivity index (χ4v) is 4.57. The summed E-state index contributed by atoms with van der Waals surface area (Å²) in [5.74, 6) is 3.14. The molecule has 1 amide bonds. The van der Waals surface area contributed by atoms with Gasteiger partial charge < -0.3 is 10.2 Å². The largest absolute Gasteiger partial charge is 0.341 e. The number of benzene rings is 1. The van der Waals surface area contributed by atoms with Gasteiger partial charge in [0.1, 0.15) is 6.04 Å². The standard InChI is InChI=1S/C18H27N3OS/c1-19-13-15-7-8-21(14-15)18(22)17(16-5-3-2-4-6-16)20-9-11-23-12-10-20/h2-6,15,17,19H,7-14H2,1H3. The average Bonchev–Trinajstić information content (AvgIpc) is 3.06. The fraction of sp³-hybridized carbons (Fsp3) is 0.611. The molecule has 0 radical (unpaired) electrons. The second kappa shape index (κ2) is 8.18. The third kappa shape index (κ3) is 4.08. The Morgan fingerprint density at radius 3 is 2.70 bits per heavy atom. The number of likely N-dealkylation sites (tertiary alicyclic amines) is 1. The van der Waals surface area contributed by atoms with Gasteiger partial charge in [-0.1, -0.05) is 30.3 Å². The second-order valence-electron chi connectivity index (χ2n) is 6.46. The van der Waals surface area contributed by atoms with Gasteiger partial charge >= 0.3 is 0 Å². The lowest BCUT2D eigenvalue weighted by Crippen LogP contribution is -2.45. The minimum Gasteiger partial charge on any atom is -0.341 e. The zero-order chi connectivity index (χ0) is 16.1. The molecule has 3 rings (SSSR count). The number of carbonyl (C=O) groups excluding carboxylic acids is 1. The second-order valence-corrected chi connectivity index (χ2v) is 7.68. The third-order valence-electron chi connectivity index (χ3n) is 4.85. The van der Waals surface area contributed by atoms with Crippen LogP contribution in [0.5, 0.6) is 0 Å². The molecule has 5 heteroatoms. The van der Waals surface area contributed by atoms with Crippen molar-refractivity contribution in [3.8, 4) is 0 Å². The summed E-state index contributed by atoms with van der Waals surface area (Å²) in [7, 11) is 1.99. The summed E-state index contributed by atoms with van der Waals surface area (Å²) in [4.78, 5) is 17.7. The first kappa shape index (κ1) is 16.8. The van der Waals surface area contributed by atoms with Gasteiger partial charge in [-0.25, -0.2) is 0 Å². The summed E-state index contributed by atoms with van der Waals surface area (Å²) in [5, 5.41) is 3.24. The molecule has 0 aliphatic carbocycles. The number of carbonyl (C=O) groups is 1. The Kier molecular flexibility index (Phi) is 5.97. The van der Waals surface area contributed by atoms with Crippen molar-refractivity contribution in [3.63, 3.8) is 0 Å². The molecule has 2 heterocycles. The zero-order valence-electron chi connectivity index (χ0n) is 13.9. The van der Waals surface area contributed by atoms with Crippen molar-refractivity contribution >= 4 is 17.7 Å². The van der Waals surface area contributed by atoms with Crippen molar-refractivity contribution in [2.24, 2.45) is 5.92 Å². The van der Waals surface area contributed by atoms with Gasteiger partial charge in [-0.3, -0.25) is 9.69 Å². The molecule has 126 valence electrons. The Balaban J connectivity index is 1.76. The highest BCUT2D eigenvalue weighted by molar-refractivity contribution is 7.99. The van der Waals surface area contributed by atoms with Crippen LogP contribution in [0.4, 0.5) is 0 Å². The molecule has 2 aliphatic rings. The van der Waals surface area contributed by atoms with Crippen LogP contribution in [0.3, 0.4) is 0 Å². The lowest BCUT2D eigenvalue weighted by molar-refractivity contribution is -0.136. The average molecular weight is 334 g/mol. The number of thioether (sulfide) groups is 1. The maximum Gasteiger partial charge on any atom is 0.244 e. The van der Waals surface area contributed by atoms with Crippen molar-refractivity contribution in [2.75, 3.05) is 51.3 Å². The van der Waals surface area contributed by atoms with Gasteiger partial charge in [0, 0.05) is 37.7 Å². The van der Waals surface area contributed by atoms with Gasteiger partial charge in [0.2, 0.25) is 5.91 Å². The molecule has 2 fully saturated rings. The Labute approximate surface area is 143 Å². The molecule has 0 spiro atoms. The highest BCUT2D eigenvalue weighted by Crippen LogP contribution is 2.28. The van der Waals surface area contributed by atoms with E-state index in [0.717, 1.165) is 56.2 Å². The summed E-state index contributed by atoms with van der Waals surface area (Å²) < 4.78 is 0. The van der Waals surface area contributed by atoms with Crippen LogP contribution in [0.1, 0.15) is 18.0 Å². The molecule has 1 aromatic carbocycles. The van der Waals surface area contributed by atoms with Crippen LogP contribution in [0.25, 0.3) is 0 Å². The normalized spacial score (nSPS) is 23.9. The molecule has 4 nitrogen and oxygen atoms in total. The van der Waals surface area contributed by atoms with E-state index < -0.39 is 0 Å². The van der Waals surface area contributed by atoms with Crippen molar-refractivity contribution < 1.29 is 4.79 Å². The van der Waals surface area contributed by atoms with E-state index in [-0.39, 0.29) is 6.04 Å². The van der Waals surface area contributed by atoms with Crippen LogP contribution >= 0.6 is 11.8 Å². The topological polar surface area (TPSA) is 35.6 Å². The summed E-state index contributed by atoms with van der Waals surface area (Å²) in [6, 6.07) is 10.2. The summed E-state index contributed by atoms with van der Waals surface area (Å²) in [6.07, 6.45) is 1.12. The van der Waals surface area contributed by atoms with E-state index in [1.54, 1.807) is 0 Å². The fourth-order valence-electron chi connectivity index (χ4n) is 3.64. The van der Waals surface area contributed by atoms with E-state index in [0.29, 0.717) is 11.8 Å². The number of hydrogen-bond acceptors (Lipinski definition) is 4. The molecule has 23 heavy (non-hydrogen) atoms. The number of nitrogens with zero attached hydrogens (tertiary/aromatic N) is 2. The van der Waals surface area contributed by atoms with E-state index in [2.05, 4.69) is 27.2 Å². The minimum absolute atomic E-state index is 0.106. The van der Waals surface area contributed by atoms with Crippen molar-refractivity contribution in [3.05, 3.63) is 35.9 Å². The first-order chi connectivity index (χ1) is 11.3. The van der Waals surface area contributed by atoms with Crippen LogP contribution in [-0.4, -0.2) is 67.0 Å². The third-order valence-corrected chi connectivity index (χ3v) is 5.79. The smallest absolute Gasteiger partial charge is 0.244 e. The van der Waals surface area contributed by atoms with Crippen LogP contribution in [-0.2, 0) is 4.79 Å². The Morgan fingerprint density at radius 1 is 1.26 bits per heavy atom. The van der Waals surface area contributed by atoms with Gasteiger partial charge in [-0.05, 0) is 31.5 Å². The Morgan fingerprint density at radius 2 is 2.00 bits per heavy atom. The first-order valence-corrected chi connectivity index (χ1v) is 9.75. The van der Waals surface area contributed by atoms with Gasteiger partial charge in [0.05, 0.1) is 0 Å². The molecule has 2 aliphatic heterocycles. The SMILES string of the molecule is CNCC1CCN(C(=O)C(c2ccccc2)N2CCSCC2)C1. The number of amides is 1. The molecule has 2 atom stereocenters. The predicted octanol–water partition coefficient (Wildman–Crippen LogP) is 1.84. The summed E-state index contributed by atoms with van der Waals surface area (Å²) in [6.45, 7) is 4.80. The monoisotopic (exact) mass is 333 g/mol. The lowest BCUT2D eigenvalue weighted by Gasteiger charge is -2.35. The molecule has 1 aromatic rings.